The van der Waals surface area contributed by atoms with Crippen molar-refractivity contribution in [1.82, 2.24) is 0 Å². The van der Waals surface area contributed by atoms with Crippen LogP contribution in [0.15, 0.2) is 35.6 Å². The van der Waals surface area contributed by atoms with E-state index in [1.54, 1.807) is 7.11 Å². The molecule has 0 spiro atoms. The molecule has 0 fully saturated rings. The zero-order valence-electron chi connectivity index (χ0n) is 9.61. The van der Waals surface area contributed by atoms with Crippen LogP contribution in [0.2, 0.25) is 0 Å². The fraction of sp³-hybridized carbons (Fsp3) is 0.462. The highest BCUT2D eigenvalue weighted by Gasteiger charge is 2.06. The Hall–Kier alpha value is -1.51. The Morgan fingerprint density at radius 3 is 3.00 bits per heavy atom. The number of aliphatic carboxylic acids is 1. The summed E-state index contributed by atoms with van der Waals surface area (Å²) in [7, 11) is 1.67. The van der Waals surface area contributed by atoms with Crippen LogP contribution in [0.4, 0.5) is 0 Å². The zero-order valence-corrected chi connectivity index (χ0v) is 9.61. The Kier molecular flexibility index (Phi) is 5.40. The number of rotatable bonds is 6. The summed E-state index contributed by atoms with van der Waals surface area (Å²) in [6.07, 6.45) is 11.8. The van der Waals surface area contributed by atoms with E-state index in [0.717, 1.165) is 30.6 Å². The van der Waals surface area contributed by atoms with Crippen molar-refractivity contribution >= 4 is 5.97 Å². The smallest absolute Gasteiger partial charge is 0.303 e. The van der Waals surface area contributed by atoms with Gasteiger partial charge in [0.15, 0.2) is 0 Å². The van der Waals surface area contributed by atoms with Crippen LogP contribution in [0.5, 0.6) is 0 Å². The maximum atomic E-state index is 10.4. The second-order valence-electron chi connectivity index (χ2n) is 3.73. The van der Waals surface area contributed by atoms with E-state index in [9.17, 15) is 4.79 Å². The number of hydrogen-bond acceptors (Lipinski definition) is 2. The van der Waals surface area contributed by atoms with Crippen LogP contribution >= 0.6 is 0 Å². The van der Waals surface area contributed by atoms with Crippen molar-refractivity contribution in [2.75, 3.05) is 7.11 Å². The van der Waals surface area contributed by atoms with Crippen LogP contribution in [-0.4, -0.2) is 18.2 Å². The lowest BCUT2D eigenvalue weighted by Crippen LogP contribution is -1.96. The van der Waals surface area contributed by atoms with Gasteiger partial charge in [0.25, 0.3) is 0 Å². The first-order valence-electron chi connectivity index (χ1n) is 5.56. The number of carboxylic acid groups (broad SMARTS) is 1. The lowest BCUT2D eigenvalue weighted by molar-refractivity contribution is -0.137. The van der Waals surface area contributed by atoms with Crippen molar-refractivity contribution in [3.63, 3.8) is 0 Å². The third-order valence-corrected chi connectivity index (χ3v) is 2.50. The molecule has 3 heteroatoms. The van der Waals surface area contributed by atoms with Gasteiger partial charge >= 0.3 is 5.97 Å². The summed E-state index contributed by atoms with van der Waals surface area (Å²) >= 11 is 0. The van der Waals surface area contributed by atoms with Gasteiger partial charge in [-0.05, 0) is 37.3 Å². The van der Waals surface area contributed by atoms with Crippen LogP contribution < -0.4 is 0 Å². The van der Waals surface area contributed by atoms with Crippen LogP contribution in [0.1, 0.15) is 32.1 Å². The normalized spacial score (nSPS) is 15.1. The van der Waals surface area contributed by atoms with E-state index in [4.69, 9.17) is 9.84 Å². The summed E-state index contributed by atoms with van der Waals surface area (Å²) in [5.41, 5.74) is 1.15. The third kappa shape index (κ3) is 4.34. The van der Waals surface area contributed by atoms with Gasteiger partial charge in [0.2, 0.25) is 0 Å². The number of methoxy groups -OCH3 is 1. The average molecular weight is 222 g/mol. The summed E-state index contributed by atoms with van der Waals surface area (Å²) < 4.78 is 5.30. The molecular formula is C13H18O3. The largest absolute Gasteiger partial charge is 0.497 e. The van der Waals surface area contributed by atoms with Gasteiger partial charge in [-0.25, -0.2) is 0 Å². The predicted octanol–water partition coefficient (Wildman–Crippen LogP) is 3.05. The summed E-state index contributed by atoms with van der Waals surface area (Å²) in [6.45, 7) is 0. The van der Waals surface area contributed by atoms with E-state index in [2.05, 4.69) is 6.08 Å². The molecule has 1 rings (SSSR count). The van der Waals surface area contributed by atoms with Gasteiger partial charge in [0, 0.05) is 6.42 Å². The third-order valence-electron chi connectivity index (χ3n) is 2.50. The first kappa shape index (κ1) is 12.6. The van der Waals surface area contributed by atoms with Crippen molar-refractivity contribution < 1.29 is 14.6 Å². The molecule has 0 aromatic heterocycles. The van der Waals surface area contributed by atoms with Crippen molar-refractivity contribution in [3.8, 4) is 0 Å². The van der Waals surface area contributed by atoms with Crippen LogP contribution in [0.3, 0.4) is 0 Å². The maximum absolute atomic E-state index is 10.4. The zero-order chi connectivity index (χ0) is 11.8. The molecule has 0 aromatic rings. The van der Waals surface area contributed by atoms with Crippen molar-refractivity contribution in [2.24, 2.45) is 0 Å². The summed E-state index contributed by atoms with van der Waals surface area (Å²) in [5, 5.41) is 8.53. The molecule has 0 bridgehead atoms. The van der Waals surface area contributed by atoms with Gasteiger partial charge in [0.1, 0.15) is 5.76 Å². The summed E-state index contributed by atoms with van der Waals surface area (Å²) in [4.78, 5) is 10.4. The molecule has 0 aromatic carbocycles. The van der Waals surface area contributed by atoms with E-state index in [0.29, 0.717) is 6.42 Å². The maximum Gasteiger partial charge on any atom is 0.303 e. The molecule has 16 heavy (non-hydrogen) atoms. The van der Waals surface area contributed by atoms with Crippen molar-refractivity contribution in [1.29, 1.82) is 0 Å². The first-order valence-corrected chi connectivity index (χ1v) is 5.56. The Bertz CT molecular complexity index is 324. The SMILES string of the molecule is COC1=CCC=CC=C1CCCCC(=O)O. The Labute approximate surface area is 96.1 Å². The van der Waals surface area contributed by atoms with Gasteiger partial charge in [0.05, 0.1) is 7.11 Å². The topological polar surface area (TPSA) is 46.5 Å². The molecule has 3 nitrogen and oxygen atoms in total. The molecule has 0 saturated heterocycles. The van der Waals surface area contributed by atoms with Gasteiger partial charge < -0.3 is 9.84 Å². The monoisotopic (exact) mass is 222 g/mol. The minimum Gasteiger partial charge on any atom is -0.497 e. The molecule has 1 N–H and O–H groups in total. The van der Waals surface area contributed by atoms with E-state index in [1.165, 1.54) is 0 Å². The van der Waals surface area contributed by atoms with Gasteiger partial charge in [-0.15, -0.1) is 0 Å². The van der Waals surface area contributed by atoms with Crippen LogP contribution in [0, 0.1) is 0 Å². The number of unbranched alkanes of at least 4 members (excludes halogenated alkanes) is 1. The lowest BCUT2D eigenvalue weighted by atomic mass is 10.1. The fourth-order valence-corrected chi connectivity index (χ4v) is 1.66. The molecule has 1 aliphatic rings. The molecule has 0 atom stereocenters. The second kappa shape index (κ2) is 6.88. The highest BCUT2D eigenvalue weighted by Crippen LogP contribution is 2.21. The second-order valence-corrected chi connectivity index (χ2v) is 3.73. The molecule has 0 saturated carbocycles. The van der Waals surface area contributed by atoms with E-state index < -0.39 is 5.97 Å². The minimum atomic E-state index is -0.725. The van der Waals surface area contributed by atoms with E-state index in [1.807, 2.05) is 18.2 Å². The molecule has 1 aliphatic carbocycles. The van der Waals surface area contributed by atoms with E-state index >= 15 is 0 Å². The molecular weight excluding hydrogens is 204 g/mol. The minimum absolute atomic E-state index is 0.245. The molecule has 0 aliphatic heterocycles. The lowest BCUT2D eigenvalue weighted by Gasteiger charge is -2.09. The number of carboxylic acids is 1. The quantitative estimate of drug-likeness (QED) is 0.702. The number of hydrogen-bond donors (Lipinski definition) is 1. The van der Waals surface area contributed by atoms with Crippen LogP contribution in [-0.2, 0) is 9.53 Å². The number of ether oxygens (including phenoxy) is 1. The number of carbonyl (C=O) groups is 1. The first-order chi connectivity index (χ1) is 7.74. The summed E-state index contributed by atoms with van der Waals surface area (Å²) in [6, 6.07) is 0. The molecule has 0 radical (unpaired) electrons. The number of allylic oxidation sites excluding steroid dienone is 5. The predicted molar refractivity (Wildman–Crippen MR) is 63.0 cm³/mol. The molecule has 0 unspecified atom stereocenters. The molecule has 88 valence electrons. The Balaban J connectivity index is 2.41. The molecule has 0 amide bonds. The average Bonchev–Trinajstić information content (AvgIpc) is 2.48. The van der Waals surface area contributed by atoms with Gasteiger partial charge in [-0.2, -0.15) is 0 Å². The van der Waals surface area contributed by atoms with Gasteiger partial charge in [-0.1, -0.05) is 18.2 Å². The van der Waals surface area contributed by atoms with Gasteiger partial charge in [-0.3, -0.25) is 4.79 Å². The van der Waals surface area contributed by atoms with Crippen molar-refractivity contribution in [3.05, 3.63) is 35.6 Å². The highest BCUT2D eigenvalue weighted by molar-refractivity contribution is 5.66. The van der Waals surface area contributed by atoms with Crippen molar-refractivity contribution in [2.45, 2.75) is 32.1 Å². The standard InChI is InChI=1S/C13H18O3/c1-16-12-9-4-2-3-7-11(12)8-5-6-10-13(14)15/h2-3,7,9H,4-6,8,10H2,1H3,(H,14,15). The molecule has 0 heterocycles. The Morgan fingerprint density at radius 2 is 2.31 bits per heavy atom. The Morgan fingerprint density at radius 1 is 1.50 bits per heavy atom. The van der Waals surface area contributed by atoms with Crippen LogP contribution in [0.25, 0.3) is 0 Å². The summed E-state index contributed by atoms with van der Waals surface area (Å²) in [5.74, 6) is 0.192. The highest BCUT2D eigenvalue weighted by atomic mass is 16.5. The fourth-order valence-electron chi connectivity index (χ4n) is 1.66. The van der Waals surface area contributed by atoms with E-state index in [-0.39, 0.29) is 6.42 Å².